The number of nitrogens with zero attached hydrogens (tertiary/aromatic N) is 1. The summed E-state index contributed by atoms with van der Waals surface area (Å²) in [6.45, 7) is 0.429. The van der Waals surface area contributed by atoms with Gasteiger partial charge in [-0.1, -0.05) is 12.1 Å². The van der Waals surface area contributed by atoms with Crippen LogP contribution in [0, 0.1) is 17.6 Å². The van der Waals surface area contributed by atoms with Crippen LogP contribution in [-0.4, -0.2) is 47.7 Å². The maximum absolute atomic E-state index is 13.8. The first-order chi connectivity index (χ1) is 10.5. The standard InChI is InChI=1S/C15H15F2NO4/c16-11-3-1-2-8(13(11)17)9-6-10(9)14(19)18-4-5-22-7-12(18)15(20)21/h1-3,9-10,12H,4-7H2,(H,20,21)/t9-,10-,12-/m0/s1. The molecule has 1 aliphatic carbocycles. The van der Waals surface area contributed by atoms with E-state index in [-0.39, 0.29) is 37.1 Å². The zero-order valence-electron chi connectivity index (χ0n) is 11.7. The molecule has 1 N–H and O–H groups in total. The summed E-state index contributed by atoms with van der Waals surface area (Å²) in [5, 5.41) is 9.14. The van der Waals surface area contributed by atoms with Crippen molar-refractivity contribution < 1.29 is 28.2 Å². The largest absolute Gasteiger partial charge is 0.480 e. The summed E-state index contributed by atoms with van der Waals surface area (Å²) in [6.07, 6.45) is 0.406. The van der Waals surface area contributed by atoms with E-state index in [1.165, 1.54) is 17.0 Å². The number of carboxylic acids is 1. The highest BCUT2D eigenvalue weighted by atomic mass is 19.2. The van der Waals surface area contributed by atoms with E-state index in [0.29, 0.717) is 6.42 Å². The van der Waals surface area contributed by atoms with Gasteiger partial charge in [-0.15, -0.1) is 0 Å². The van der Waals surface area contributed by atoms with Crippen LogP contribution in [0.2, 0.25) is 0 Å². The van der Waals surface area contributed by atoms with Crippen molar-refractivity contribution in [2.75, 3.05) is 19.8 Å². The van der Waals surface area contributed by atoms with Crippen LogP contribution in [0.5, 0.6) is 0 Å². The number of carbonyl (C=O) groups is 2. The van der Waals surface area contributed by atoms with Crippen molar-refractivity contribution >= 4 is 11.9 Å². The lowest BCUT2D eigenvalue weighted by Gasteiger charge is -2.33. The number of amides is 1. The van der Waals surface area contributed by atoms with Gasteiger partial charge in [0.2, 0.25) is 5.91 Å². The van der Waals surface area contributed by atoms with Gasteiger partial charge in [-0.25, -0.2) is 13.6 Å². The predicted octanol–water partition coefficient (Wildman–Crippen LogP) is 1.38. The first-order valence-electron chi connectivity index (χ1n) is 7.05. The summed E-state index contributed by atoms with van der Waals surface area (Å²) in [7, 11) is 0. The minimum atomic E-state index is -1.12. The molecule has 1 heterocycles. The summed E-state index contributed by atoms with van der Waals surface area (Å²) in [4.78, 5) is 24.9. The van der Waals surface area contributed by atoms with Crippen LogP contribution < -0.4 is 0 Å². The molecule has 0 unspecified atom stereocenters. The Labute approximate surface area is 125 Å². The van der Waals surface area contributed by atoms with E-state index in [4.69, 9.17) is 9.84 Å². The molecule has 1 amide bonds. The van der Waals surface area contributed by atoms with Crippen LogP contribution in [-0.2, 0) is 14.3 Å². The fourth-order valence-corrected chi connectivity index (χ4v) is 2.90. The van der Waals surface area contributed by atoms with Gasteiger partial charge in [0.25, 0.3) is 0 Å². The van der Waals surface area contributed by atoms with Gasteiger partial charge < -0.3 is 14.7 Å². The number of ether oxygens (including phenoxy) is 1. The minimum absolute atomic E-state index is 0.0488. The van der Waals surface area contributed by atoms with E-state index >= 15 is 0 Å². The zero-order chi connectivity index (χ0) is 15.9. The predicted molar refractivity (Wildman–Crippen MR) is 71.2 cm³/mol. The Bertz CT molecular complexity index is 622. The third-order valence-corrected chi connectivity index (χ3v) is 4.19. The van der Waals surface area contributed by atoms with Gasteiger partial charge in [0.15, 0.2) is 17.7 Å². The summed E-state index contributed by atoms with van der Waals surface area (Å²) >= 11 is 0. The number of morpholine rings is 1. The monoisotopic (exact) mass is 311 g/mol. The number of carbonyl (C=O) groups excluding carboxylic acids is 1. The van der Waals surface area contributed by atoms with E-state index in [1.807, 2.05) is 0 Å². The third-order valence-electron chi connectivity index (χ3n) is 4.19. The quantitative estimate of drug-likeness (QED) is 0.916. The second kappa shape index (κ2) is 5.64. The maximum Gasteiger partial charge on any atom is 0.328 e. The van der Waals surface area contributed by atoms with Crippen LogP contribution in [0.25, 0.3) is 0 Å². The van der Waals surface area contributed by atoms with E-state index in [9.17, 15) is 18.4 Å². The van der Waals surface area contributed by atoms with E-state index < -0.39 is 29.6 Å². The van der Waals surface area contributed by atoms with Crippen molar-refractivity contribution in [3.8, 4) is 0 Å². The van der Waals surface area contributed by atoms with Gasteiger partial charge in [-0.3, -0.25) is 4.79 Å². The molecule has 2 aliphatic rings. The van der Waals surface area contributed by atoms with Gasteiger partial charge in [0, 0.05) is 12.5 Å². The van der Waals surface area contributed by atoms with Gasteiger partial charge in [-0.2, -0.15) is 0 Å². The number of hydrogen-bond acceptors (Lipinski definition) is 3. The van der Waals surface area contributed by atoms with Crippen LogP contribution in [0.1, 0.15) is 17.9 Å². The topological polar surface area (TPSA) is 66.8 Å². The molecule has 1 aliphatic heterocycles. The minimum Gasteiger partial charge on any atom is -0.480 e. The first-order valence-corrected chi connectivity index (χ1v) is 7.05. The van der Waals surface area contributed by atoms with Gasteiger partial charge in [0.1, 0.15) is 0 Å². The molecule has 2 fully saturated rings. The SMILES string of the molecule is O=C(O)[C@@H]1COCCN1C(=O)[C@H]1C[C@H]1c1cccc(F)c1F. The van der Waals surface area contributed by atoms with Crippen molar-refractivity contribution in [3.63, 3.8) is 0 Å². The number of aliphatic carboxylic acids is 1. The number of hydrogen-bond donors (Lipinski definition) is 1. The Morgan fingerprint density at radius 1 is 1.32 bits per heavy atom. The average molecular weight is 311 g/mol. The van der Waals surface area contributed by atoms with E-state index in [2.05, 4.69) is 0 Å². The van der Waals surface area contributed by atoms with Crippen molar-refractivity contribution in [2.45, 2.75) is 18.4 Å². The van der Waals surface area contributed by atoms with E-state index in [0.717, 1.165) is 6.07 Å². The normalized spacial score (nSPS) is 27.5. The first kappa shape index (κ1) is 14.9. The Hall–Kier alpha value is -2.02. The number of carboxylic acid groups (broad SMARTS) is 1. The maximum atomic E-state index is 13.8. The lowest BCUT2D eigenvalue weighted by atomic mass is 10.1. The highest BCUT2D eigenvalue weighted by molar-refractivity contribution is 5.88. The Morgan fingerprint density at radius 3 is 2.82 bits per heavy atom. The van der Waals surface area contributed by atoms with E-state index in [1.54, 1.807) is 0 Å². The molecule has 3 rings (SSSR count). The molecule has 3 atom stereocenters. The Kier molecular flexibility index (Phi) is 3.82. The molecule has 5 nitrogen and oxygen atoms in total. The number of benzene rings is 1. The molecule has 1 saturated heterocycles. The summed E-state index contributed by atoms with van der Waals surface area (Å²) in [5.41, 5.74) is 0.179. The fraction of sp³-hybridized carbons (Fsp3) is 0.467. The molecule has 118 valence electrons. The highest BCUT2D eigenvalue weighted by Crippen LogP contribution is 2.49. The van der Waals surface area contributed by atoms with Crippen molar-refractivity contribution in [3.05, 3.63) is 35.4 Å². The zero-order valence-corrected chi connectivity index (χ0v) is 11.7. The molecule has 1 saturated carbocycles. The van der Waals surface area contributed by atoms with Crippen LogP contribution in [0.15, 0.2) is 18.2 Å². The molecule has 7 heteroatoms. The summed E-state index contributed by atoms with van der Waals surface area (Å²) in [5.74, 6) is -4.20. The Morgan fingerprint density at radius 2 is 2.09 bits per heavy atom. The number of halogens is 2. The fourth-order valence-electron chi connectivity index (χ4n) is 2.90. The van der Waals surface area contributed by atoms with Crippen molar-refractivity contribution in [1.29, 1.82) is 0 Å². The molecule has 22 heavy (non-hydrogen) atoms. The lowest BCUT2D eigenvalue weighted by Crippen LogP contribution is -2.53. The van der Waals surface area contributed by atoms with Crippen molar-refractivity contribution in [1.82, 2.24) is 4.90 Å². The summed E-state index contributed by atoms with van der Waals surface area (Å²) < 4.78 is 32.1. The van der Waals surface area contributed by atoms with Crippen LogP contribution in [0.4, 0.5) is 8.78 Å². The van der Waals surface area contributed by atoms with Crippen molar-refractivity contribution in [2.24, 2.45) is 5.92 Å². The molecule has 1 aromatic rings. The van der Waals surface area contributed by atoms with Crippen LogP contribution >= 0.6 is 0 Å². The second-order valence-electron chi connectivity index (χ2n) is 5.55. The average Bonchev–Trinajstić information content (AvgIpc) is 3.29. The second-order valence-corrected chi connectivity index (χ2v) is 5.55. The smallest absolute Gasteiger partial charge is 0.328 e. The highest BCUT2D eigenvalue weighted by Gasteiger charge is 2.49. The molecule has 0 spiro atoms. The van der Waals surface area contributed by atoms with Crippen LogP contribution in [0.3, 0.4) is 0 Å². The van der Waals surface area contributed by atoms with Gasteiger partial charge in [-0.05, 0) is 24.0 Å². The molecular weight excluding hydrogens is 296 g/mol. The lowest BCUT2D eigenvalue weighted by molar-refractivity contribution is -0.158. The third kappa shape index (κ3) is 2.56. The molecule has 0 bridgehead atoms. The van der Waals surface area contributed by atoms with Gasteiger partial charge in [0.05, 0.1) is 13.2 Å². The summed E-state index contributed by atoms with van der Waals surface area (Å²) in [6, 6.07) is 2.88. The number of rotatable bonds is 3. The molecule has 0 radical (unpaired) electrons. The molecular formula is C15H15F2NO4. The Balaban J connectivity index is 1.74. The molecule has 1 aromatic carbocycles. The van der Waals surface area contributed by atoms with Gasteiger partial charge >= 0.3 is 5.97 Å². The molecule has 0 aromatic heterocycles.